The lowest BCUT2D eigenvalue weighted by Crippen LogP contribution is -2.49. The largest absolute Gasteiger partial charge is 0.483 e. The summed E-state index contributed by atoms with van der Waals surface area (Å²) in [7, 11) is 0. The van der Waals surface area contributed by atoms with Crippen molar-refractivity contribution in [1.82, 2.24) is 9.80 Å². The third-order valence-electron chi connectivity index (χ3n) is 4.89. The number of amides is 1. The monoisotopic (exact) mass is 364 g/mol. The molecule has 1 fully saturated rings. The van der Waals surface area contributed by atoms with E-state index >= 15 is 0 Å². The van der Waals surface area contributed by atoms with E-state index in [2.05, 4.69) is 35.3 Å². The van der Waals surface area contributed by atoms with Gasteiger partial charge in [0.2, 0.25) is 0 Å². The maximum atomic E-state index is 12.4. The summed E-state index contributed by atoms with van der Waals surface area (Å²) in [4.78, 5) is 16.7. The van der Waals surface area contributed by atoms with E-state index in [1.807, 2.05) is 49.1 Å². The minimum atomic E-state index is 0.0652. The van der Waals surface area contributed by atoms with E-state index in [0.717, 1.165) is 49.6 Å². The van der Waals surface area contributed by atoms with Crippen LogP contribution < -0.4 is 4.74 Å². The van der Waals surface area contributed by atoms with Crippen LogP contribution >= 0.6 is 0 Å². The van der Waals surface area contributed by atoms with Crippen LogP contribution in [0.15, 0.2) is 54.6 Å². The van der Waals surface area contributed by atoms with Gasteiger partial charge in [-0.25, -0.2) is 0 Å². The highest BCUT2D eigenvalue weighted by atomic mass is 16.5. The lowest BCUT2D eigenvalue weighted by molar-refractivity contribution is -0.135. The number of carbonyl (C=O) groups is 1. The van der Waals surface area contributed by atoms with Crippen molar-refractivity contribution in [3.05, 3.63) is 71.3 Å². The first kappa shape index (κ1) is 19.2. The average Bonchev–Trinajstić information content (AvgIpc) is 2.70. The molecule has 2 aromatic carbocycles. The molecule has 142 valence electrons. The Kier molecular flexibility index (Phi) is 6.66. The van der Waals surface area contributed by atoms with Crippen molar-refractivity contribution in [2.75, 3.05) is 39.3 Å². The van der Waals surface area contributed by atoms with Crippen LogP contribution in [0.3, 0.4) is 0 Å². The molecule has 0 radical (unpaired) electrons. The van der Waals surface area contributed by atoms with Crippen LogP contribution in [0.2, 0.25) is 0 Å². The van der Waals surface area contributed by atoms with Gasteiger partial charge >= 0.3 is 0 Å². The van der Waals surface area contributed by atoms with Crippen molar-refractivity contribution in [2.45, 2.75) is 13.8 Å². The van der Waals surface area contributed by atoms with Crippen molar-refractivity contribution in [3.8, 4) is 5.75 Å². The van der Waals surface area contributed by atoms with Gasteiger partial charge in [0, 0.05) is 32.7 Å². The number of aryl methyl sites for hydroxylation is 2. The highest BCUT2D eigenvalue weighted by Crippen LogP contribution is 2.19. The Bertz CT molecular complexity index is 778. The first-order valence-corrected chi connectivity index (χ1v) is 9.53. The zero-order valence-corrected chi connectivity index (χ0v) is 16.2. The van der Waals surface area contributed by atoms with Crippen LogP contribution in [0.5, 0.6) is 5.75 Å². The van der Waals surface area contributed by atoms with E-state index in [9.17, 15) is 4.79 Å². The number of hydrogen-bond donors (Lipinski definition) is 0. The van der Waals surface area contributed by atoms with E-state index < -0.39 is 0 Å². The molecule has 3 rings (SSSR count). The van der Waals surface area contributed by atoms with Crippen LogP contribution in [-0.2, 0) is 4.79 Å². The Hall–Kier alpha value is -2.59. The van der Waals surface area contributed by atoms with Gasteiger partial charge in [0.05, 0.1) is 0 Å². The predicted molar refractivity (Wildman–Crippen MR) is 110 cm³/mol. The predicted octanol–water partition coefficient (Wildman–Crippen LogP) is 3.54. The summed E-state index contributed by atoms with van der Waals surface area (Å²) in [5.74, 6) is 0.864. The van der Waals surface area contributed by atoms with Crippen LogP contribution in [-0.4, -0.2) is 55.0 Å². The molecule has 0 saturated carbocycles. The molecule has 0 N–H and O–H groups in total. The number of rotatable bonds is 6. The molecule has 1 heterocycles. The van der Waals surface area contributed by atoms with Crippen molar-refractivity contribution >= 4 is 12.0 Å². The molecule has 0 unspecified atom stereocenters. The highest BCUT2D eigenvalue weighted by Gasteiger charge is 2.20. The summed E-state index contributed by atoms with van der Waals surface area (Å²) in [6.07, 6.45) is 4.34. The topological polar surface area (TPSA) is 32.8 Å². The molecule has 1 saturated heterocycles. The van der Waals surface area contributed by atoms with Crippen molar-refractivity contribution in [3.63, 3.8) is 0 Å². The molecule has 0 aromatic heterocycles. The van der Waals surface area contributed by atoms with Crippen molar-refractivity contribution in [2.24, 2.45) is 0 Å². The maximum Gasteiger partial charge on any atom is 0.260 e. The molecular weight excluding hydrogens is 336 g/mol. The van der Waals surface area contributed by atoms with Gasteiger partial charge in [0.1, 0.15) is 5.75 Å². The second-order valence-corrected chi connectivity index (χ2v) is 7.05. The van der Waals surface area contributed by atoms with Gasteiger partial charge < -0.3 is 9.64 Å². The van der Waals surface area contributed by atoms with E-state index in [1.54, 1.807) is 0 Å². The Morgan fingerprint density at radius 2 is 1.78 bits per heavy atom. The normalized spacial score (nSPS) is 15.3. The lowest BCUT2D eigenvalue weighted by atomic mass is 10.1. The van der Waals surface area contributed by atoms with Crippen LogP contribution in [0, 0.1) is 13.8 Å². The van der Waals surface area contributed by atoms with Gasteiger partial charge in [-0.2, -0.15) is 0 Å². The smallest absolute Gasteiger partial charge is 0.260 e. The maximum absolute atomic E-state index is 12.4. The summed E-state index contributed by atoms with van der Waals surface area (Å²) < 4.78 is 5.76. The molecular formula is C23H28N2O2. The number of carbonyl (C=O) groups excluding carboxylic acids is 1. The molecule has 0 aliphatic carbocycles. The molecule has 1 aliphatic heterocycles. The van der Waals surface area contributed by atoms with Gasteiger partial charge in [-0.05, 0) is 36.6 Å². The molecule has 27 heavy (non-hydrogen) atoms. The third kappa shape index (κ3) is 5.69. The fraction of sp³-hybridized carbons (Fsp3) is 0.348. The van der Waals surface area contributed by atoms with E-state index in [0.29, 0.717) is 0 Å². The third-order valence-corrected chi connectivity index (χ3v) is 4.89. The minimum absolute atomic E-state index is 0.0652. The van der Waals surface area contributed by atoms with E-state index in [4.69, 9.17) is 4.74 Å². The molecule has 0 bridgehead atoms. The molecule has 4 nitrogen and oxygen atoms in total. The Morgan fingerprint density at radius 1 is 1.04 bits per heavy atom. The molecule has 2 aromatic rings. The van der Waals surface area contributed by atoms with Gasteiger partial charge in [-0.3, -0.25) is 9.69 Å². The quantitative estimate of drug-likeness (QED) is 0.786. The summed E-state index contributed by atoms with van der Waals surface area (Å²) in [6.45, 7) is 8.36. The molecule has 1 aliphatic rings. The fourth-order valence-electron chi connectivity index (χ4n) is 3.18. The Labute approximate surface area is 162 Å². The van der Waals surface area contributed by atoms with Crippen molar-refractivity contribution < 1.29 is 9.53 Å². The molecule has 0 spiro atoms. The zero-order chi connectivity index (χ0) is 19.1. The highest BCUT2D eigenvalue weighted by molar-refractivity contribution is 5.78. The Morgan fingerprint density at radius 3 is 2.52 bits per heavy atom. The zero-order valence-electron chi connectivity index (χ0n) is 16.2. The van der Waals surface area contributed by atoms with Crippen LogP contribution in [0.4, 0.5) is 0 Å². The number of hydrogen-bond acceptors (Lipinski definition) is 3. The SMILES string of the molecule is Cc1ccc(C)c(OCC(=O)N2CCN(C/C=C/c3ccccc3)CC2)c1. The summed E-state index contributed by atoms with van der Waals surface area (Å²) in [5, 5.41) is 0. The summed E-state index contributed by atoms with van der Waals surface area (Å²) >= 11 is 0. The van der Waals surface area contributed by atoms with Gasteiger partial charge in [0.25, 0.3) is 5.91 Å². The molecule has 1 amide bonds. The van der Waals surface area contributed by atoms with Crippen molar-refractivity contribution in [1.29, 1.82) is 0 Å². The lowest BCUT2D eigenvalue weighted by Gasteiger charge is -2.34. The first-order valence-electron chi connectivity index (χ1n) is 9.53. The first-order chi connectivity index (χ1) is 13.1. The number of ether oxygens (including phenoxy) is 1. The second-order valence-electron chi connectivity index (χ2n) is 7.05. The van der Waals surface area contributed by atoms with E-state index in [1.165, 1.54) is 5.56 Å². The number of benzene rings is 2. The summed E-state index contributed by atoms with van der Waals surface area (Å²) in [6, 6.07) is 16.4. The summed E-state index contributed by atoms with van der Waals surface area (Å²) in [5.41, 5.74) is 3.42. The van der Waals surface area contributed by atoms with Crippen LogP contribution in [0.25, 0.3) is 6.08 Å². The molecule has 4 heteroatoms. The minimum Gasteiger partial charge on any atom is -0.483 e. The fourth-order valence-corrected chi connectivity index (χ4v) is 3.18. The number of piperazine rings is 1. The van der Waals surface area contributed by atoms with Gasteiger partial charge in [0.15, 0.2) is 6.61 Å². The average molecular weight is 364 g/mol. The van der Waals surface area contributed by atoms with Gasteiger partial charge in [-0.15, -0.1) is 0 Å². The van der Waals surface area contributed by atoms with Crippen LogP contribution in [0.1, 0.15) is 16.7 Å². The van der Waals surface area contributed by atoms with Gasteiger partial charge in [-0.1, -0.05) is 54.6 Å². The Balaban J connectivity index is 1.41. The molecule has 0 atom stereocenters. The number of nitrogens with zero attached hydrogens (tertiary/aromatic N) is 2. The standard InChI is InChI=1S/C23H28N2O2/c1-19-10-11-20(2)22(17-19)27-18-23(26)25-15-13-24(14-16-25)12-6-9-21-7-4-3-5-8-21/h3-11,17H,12-16,18H2,1-2H3/b9-6+. The second kappa shape index (κ2) is 9.38. The van der Waals surface area contributed by atoms with E-state index in [-0.39, 0.29) is 12.5 Å².